The van der Waals surface area contributed by atoms with E-state index >= 15 is 0 Å². The van der Waals surface area contributed by atoms with Crippen LogP contribution in [-0.2, 0) is 6.42 Å². The van der Waals surface area contributed by atoms with Crippen molar-refractivity contribution in [3.05, 3.63) is 69.9 Å². The van der Waals surface area contributed by atoms with Crippen molar-refractivity contribution in [2.45, 2.75) is 6.42 Å². The van der Waals surface area contributed by atoms with Gasteiger partial charge in [-0.05, 0) is 30.3 Å². The van der Waals surface area contributed by atoms with E-state index in [1.54, 1.807) is 18.2 Å². The number of fused-ring (bicyclic) bond motifs is 1. The van der Waals surface area contributed by atoms with Gasteiger partial charge in [0.25, 0.3) is 5.91 Å². The topological polar surface area (TPSA) is 42.2 Å². The predicted molar refractivity (Wildman–Crippen MR) is 88.7 cm³/mol. The summed E-state index contributed by atoms with van der Waals surface area (Å²) < 4.78 is 5.70. The zero-order valence-electron chi connectivity index (χ0n) is 11.6. The van der Waals surface area contributed by atoms with Gasteiger partial charge in [0.1, 0.15) is 11.3 Å². The molecule has 0 spiro atoms. The SMILES string of the molecule is O=C(NCCc1cc2ccccc2o1)c1ccc(Cl)c(Cl)c1. The van der Waals surface area contributed by atoms with Crippen LogP contribution in [0.1, 0.15) is 16.1 Å². The summed E-state index contributed by atoms with van der Waals surface area (Å²) in [6.45, 7) is 0.485. The number of carbonyl (C=O) groups is 1. The molecule has 0 aliphatic heterocycles. The number of benzene rings is 2. The molecule has 3 rings (SSSR count). The number of hydrogen-bond donors (Lipinski definition) is 1. The second kappa shape index (κ2) is 6.42. The van der Waals surface area contributed by atoms with Gasteiger partial charge in [0.05, 0.1) is 10.0 Å². The molecule has 0 aliphatic rings. The lowest BCUT2D eigenvalue weighted by Crippen LogP contribution is -2.25. The van der Waals surface area contributed by atoms with Crippen LogP contribution in [0.15, 0.2) is 52.9 Å². The van der Waals surface area contributed by atoms with Crippen LogP contribution in [0.2, 0.25) is 10.0 Å². The van der Waals surface area contributed by atoms with Crippen LogP contribution in [-0.4, -0.2) is 12.5 Å². The van der Waals surface area contributed by atoms with Gasteiger partial charge in [0, 0.05) is 23.9 Å². The summed E-state index contributed by atoms with van der Waals surface area (Å²) in [4.78, 5) is 12.0. The Hall–Kier alpha value is -1.97. The van der Waals surface area contributed by atoms with E-state index in [1.165, 1.54) is 0 Å². The molecule has 0 saturated carbocycles. The normalized spacial score (nSPS) is 10.8. The van der Waals surface area contributed by atoms with Crippen molar-refractivity contribution < 1.29 is 9.21 Å². The number of amides is 1. The number of carbonyl (C=O) groups excluding carboxylic acids is 1. The maximum atomic E-state index is 12.0. The quantitative estimate of drug-likeness (QED) is 0.751. The lowest BCUT2D eigenvalue weighted by Gasteiger charge is -2.05. The van der Waals surface area contributed by atoms with E-state index in [-0.39, 0.29) is 5.91 Å². The van der Waals surface area contributed by atoms with Crippen molar-refractivity contribution >= 4 is 40.1 Å². The molecule has 0 radical (unpaired) electrons. The van der Waals surface area contributed by atoms with Crippen LogP contribution >= 0.6 is 23.2 Å². The number of furan rings is 1. The Bertz CT molecular complexity index is 793. The third-order valence-corrected chi connectivity index (χ3v) is 4.05. The van der Waals surface area contributed by atoms with Crippen LogP contribution in [0.3, 0.4) is 0 Å². The Labute approximate surface area is 137 Å². The molecule has 3 aromatic rings. The second-order valence-electron chi connectivity index (χ2n) is 4.89. The van der Waals surface area contributed by atoms with E-state index < -0.39 is 0 Å². The fourth-order valence-corrected chi connectivity index (χ4v) is 2.50. The Balaban J connectivity index is 1.60. The highest BCUT2D eigenvalue weighted by atomic mass is 35.5. The summed E-state index contributed by atoms with van der Waals surface area (Å²) in [6, 6.07) is 14.6. The van der Waals surface area contributed by atoms with E-state index in [4.69, 9.17) is 27.6 Å². The van der Waals surface area contributed by atoms with E-state index in [0.29, 0.717) is 28.6 Å². The van der Waals surface area contributed by atoms with Gasteiger partial charge in [-0.3, -0.25) is 4.79 Å². The van der Waals surface area contributed by atoms with E-state index in [0.717, 1.165) is 16.7 Å². The minimum atomic E-state index is -0.185. The highest BCUT2D eigenvalue weighted by Gasteiger charge is 2.08. The molecule has 0 bridgehead atoms. The first-order valence-corrected chi connectivity index (χ1v) is 7.60. The van der Waals surface area contributed by atoms with Crippen molar-refractivity contribution in [2.24, 2.45) is 0 Å². The molecule has 1 heterocycles. The van der Waals surface area contributed by atoms with Crippen molar-refractivity contribution in [3.63, 3.8) is 0 Å². The molecule has 22 heavy (non-hydrogen) atoms. The molecule has 0 unspecified atom stereocenters. The predicted octanol–water partition coefficient (Wildman–Crippen LogP) is 4.71. The van der Waals surface area contributed by atoms with Gasteiger partial charge in [0.2, 0.25) is 0 Å². The fraction of sp³-hybridized carbons (Fsp3) is 0.118. The molecule has 0 aliphatic carbocycles. The molecule has 1 N–H and O–H groups in total. The molecule has 5 heteroatoms. The fourth-order valence-electron chi connectivity index (χ4n) is 2.20. The van der Waals surface area contributed by atoms with E-state index in [2.05, 4.69) is 5.32 Å². The number of para-hydroxylation sites is 1. The van der Waals surface area contributed by atoms with E-state index in [1.807, 2.05) is 30.3 Å². The highest BCUT2D eigenvalue weighted by molar-refractivity contribution is 6.42. The monoisotopic (exact) mass is 333 g/mol. The lowest BCUT2D eigenvalue weighted by molar-refractivity contribution is 0.0954. The molecule has 2 aromatic carbocycles. The molecule has 0 fully saturated rings. The summed E-state index contributed by atoms with van der Waals surface area (Å²) in [5.41, 5.74) is 1.34. The van der Waals surface area contributed by atoms with Crippen molar-refractivity contribution in [3.8, 4) is 0 Å². The maximum absolute atomic E-state index is 12.0. The van der Waals surface area contributed by atoms with Crippen LogP contribution in [0.25, 0.3) is 11.0 Å². The average Bonchev–Trinajstić information content (AvgIpc) is 2.92. The summed E-state index contributed by atoms with van der Waals surface area (Å²) >= 11 is 11.7. The Kier molecular flexibility index (Phi) is 4.36. The summed E-state index contributed by atoms with van der Waals surface area (Å²) in [7, 11) is 0. The highest BCUT2D eigenvalue weighted by Crippen LogP contribution is 2.22. The van der Waals surface area contributed by atoms with Gasteiger partial charge >= 0.3 is 0 Å². The smallest absolute Gasteiger partial charge is 0.251 e. The Morgan fingerprint density at radius 3 is 2.64 bits per heavy atom. The zero-order valence-corrected chi connectivity index (χ0v) is 13.1. The average molecular weight is 334 g/mol. The van der Waals surface area contributed by atoms with Crippen LogP contribution in [0, 0.1) is 0 Å². The minimum absolute atomic E-state index is 0.185. The van der Waals surface area contributed by atoms with Crippen LogP contribution in [0.4, 0.5) is 0 Å². The molecule has 0 saturated heterocycles. The standard InChI is InChI=1S/C17H13Cl2NO2/c18-14-6-5-12(10-15(14)19)17(21)20-8-7-13-9-11-3-1-2-4-16(11)22-13/h1-6,9-10H,7-8H2,(H,20,21). The third kappa shape index (κ3) is 3.26. The van der Waals surface area contributed by atoms with Crippen LogP contribution < -0.4 is 5.32 Å². The number of nitrogens with one attached hydrogen (secondary N) is 1. The van der Waals surface area contributed by atoms with E-state index in [9.17, 15) is 4.79 Å². The molecule has 3 nitrogen and oxygen atoms in total. The molecule has 1 amide bonds. The molecule has 0 atom stereocenters. The first-order valence-electron chi connectivity index (χ1n) is 6.84. The van der Waals surface area contributed by atoms with Crippen molar-refractivity contribution in [1.29, 1.82) is 0 Å². The molecule has 112 valence electrons. The number of hydrogen-bond acceptors (Lipinski definition) is 2. The van der Waals surface area contributed by atoms with Gasteiger partial charge < -0.3 is 9.73 Å². The Morgan fingerprint density at radius 2 is 1.86 bits per heavy atom. The van der Waals surface area contributed by atoms with Crippen LogP contribution in [0.5, 0.6) is 0 Å². The minimum Gasteiger partial charge on any atom is -0.461 e. The van der Waals surface area contributed by atoms with Gasteiger partial charge in [0.15, 0.2) is 0 Å². The molecule has 1 aromatic heterocycles. The largest absolute Gasteiger partial charge is 0.461 e. The summed E-state index contributed by atoms with van der Waals surface area (Å²) in [6.07, 6.45) is 0.627. The molecular formula is C17H13Cl2NO2. The Morgan fingerprint density at radius 1 is 1.05 bits per heavy atom. The van der Waals surface area contributed by atoms with Gasteiger partial charge in [-0.1, -0.05) is 41.4 Å². The van der Waals surface area contributed by atoms with Gasteiger partial charge in [-0.2, -0.15) is 0 Å². The third-order valence-electron chi connectivity index (χ3n) is 3.32. The van der Waals surface area contributed by atoms with Gasteiger partial charge in [-0.25, -0.2) is 0 Å². The van der Waals surface area contributed by atoms with Crippen molar-refractivity contribution in [1.82, 2.24) is 5.32 Å². The second-order valence-corrected chi connectivity index (χ2v) is 5.70. The first-order chi connectivity index (χ1) is 10.6. The van der Waals surface area contributed by atoms with Gasteiger partial charge in [-0.15, -0.1) is 0 Å². The summed E-state index contributed by atoms with van der Waals surface area (Å²) in [5.74, 6) is 0.658. The maximum Gasteiger partial charge on any atom is 0.251 e. The molecular weight excluding hydrogens is 321 g/mol. The van der Waals surface area contributed by atoms with Crippen molar-refractivity contribution in [2.75, 3.05) is 6.54 Å². The zero-order chi connectivity index (χ0) is 15.5. The number of rotatable bonds is 4. The lowest BCUT2D eigenvalue weighted by atomic mass is 10.2. The first kappa shape index (κ1) is 14.9. The number of halogens is 2. The summed E-state index contributed by atoms with van der Waals surface area (Å²) in [5, 5.41) is 4.70.